The van der Waals surface area contributed by atoms with E-state index in [0.29, 0.717) is 21.9 Å². The third-order valence-electron chi connectivity index (χ3n) is 2.66. The lowest BCUT2D eigenvalue weighted by atomic mass is 10.1. The summed E-state index contributed by atoms with van der Waals surface area (Å²) < 4.78 is 18.7. The zero-order valence-electron chi connectivity index (χ0n) is 10.3. The maximum absolute atomic E-state index is 13.1. The molecule has 0 N–H and O–H groups in total. The molecule has 0 atom stereocenters. The van der Waals surface area contributed by atoms with Crippen molar-refractivity contribution in [1.82, 2.24) is 0 Å². The van der Waals surface area contributed by atoms with Crippen LogP contribution in [0.3, 0.4) is 0 Å². The van der Waals surface area contributed by atoms with Crippen LogP contribution in [0.25, 0.3) is 0 Å². The second-order valence-corrected chi connectivity index (χ2v) is 4.48. The Labute approximate surface area is 115 Å². The van der Waals surface area contributed by atoms with Crippen LogP contribution in [0.15, 0.2) is 42.5 Å². The average Bonchev–Trinajstić information content (AvgIpc) is 2.40. The first-order chi connectivity index (χ1) is 9.08. The van der Waals surface area contributed by atoms with Gasteiger partial charge < -0.3 is 4.74 Å². The smallest absolute Gasteiger partial charge is 0.163 e. The van der Waals surface area contributed by atoms with E-state index in [1.165, 1.54) is 25.1 Å². The molecular weight excluding hydrogens is 267 g/mol. The minimum absolute atomic E-state index is 0.0825. The Bertz CT molecular complexity index is 611. The van der Waals surface area contributed by atoms with Crippen molar-refractivity contribution in [2.75, 3.05) is 0 Å². The average molecular weight is 279 g/mol. The van der Waals surface area contributed by atoms with E-state index in [2.05, 4.69) is 0 Å². The number of carbonyl (C=O) groups is 1. The Morgan fingerprint density at radius 2 is 2.00 bits per heavy atom. The number of benzene rings is 2. The van der Waals surface area contributed by atoms with Gasteiger partial charge in [0.25, 0.3) is 0 Å². The van der Waals surface area contributed by atoms with Crippen molar-refractivity contribution in [1.29, 1.82) is 0 Å². The molecule has 0 aliphatic heterocycles. The Hall–Kier alpha value is -1.87. The van der Waals surface area contributed by atoms with Gasteiger partial charge in [-0.05, 0) is 37.3 Å². The third-order valence-corrected chi connectivity index (χ3v) is 3.03. The van der Waals surface area contributed by atoms with Gasteiger partial charge in [-0.25, -0.2) is 4.39 Å². The summed E-state index contributed by atoms with van der Waals surface area (Å²) in [4.78, 5) is 11.4. The Kier molecular flexibility index (Phi) is 4.17. The molecule has 0 aliphatic rings. The van der Waals surface area contributed by atoms with Crippen molar-refractivity contribution >= 4 is 17.4 Å². The predicted molar refractivity (Wildman–Crippen MR) is 72.2 cm³/mol. The molecule has 0 fully saturated rings. The number of hydrogen-bond acceptors (Lipinski definition) is 2. The van der Waals surface area contributed by atoms with E-state index in [4.69, 9.17) is 16.3 Å². The highest BCUT2D eigenvalue weighted by molar-refractivity contribution is 6.31. The van der Waals surface area contributed by atoms with Crippen LogP contribution >= 0.6 is 11.6 Å². The zero-order chi connectivity index (χ0) is 13.8. The van der Waals surface area contributed by atoms with Crippen LogP contribution in [0.1, 0.15) is 22.8 Å². The van der Waals surface area contributed by atoms with Crippen LogP contribution in [0.4, 0.5) is 4.39 Å². The van der Waals surface area contributed by atoms with Crippen molar-refractivity contribution in [3.8, 4) is 5.75 Å². The summed E-state index contributed by atoms with van der Waals surface area (Å²) in [5.74, 6) is 0.0131. The molecule has 0 amide bonds. The lowest BCUT2D eigenvalue weighted by molar-refractivity contribution is 0.101. The summed E-state index contributed by atoms with van der Waals surface area (Å²) >= 11 is 5.95. The monoisotopic (exact) mass is 278 g/mol. The molecule has 19 heavy (non-hydrogen) atoms. The number of para-hydroxylation sites is 1. The lowest BCUT2D eigenvalue weighted by Gasteiger charge is -2.10. The van der Waals surface area contributed by atoms with E-state index in [1.54, 1.807) is 24.3 Å². The van der Waals surface area contributed by atoms with Crippen LogP contribution in [0.2, 0.25) is 5.02 Å². The molecule has 2 aromatic rings. The van der Waals surface area contributed by atoms with Crippen LogP contribution in [-0.2, 0) is 6.61 Å². The fourth-order valence-corrected chi connectivity index (χ4v) is 1.86. The molecule has 0 heterocycles. The van der Waals surface area contributed by atoms with E-state index in [0.717, 1.165) is 0 Å². The molecule has 0 unspecified atom stereocenters. The summed E-state index contributed by atoms with van der Waals surface area (Å²) in [6.07, 6.45) is 0. The first-order valence-corrected chi connectivity index (χ1v) is 6.12. The molecule has 0 saturated heterocycles. The van der Waals surface area contributed by atoms with Gasteiger partial charge in [0.05, 0.1) is 5.56 Å². The van der Waals surface area contributed by atoms with Crippen molar-refractivity contribution in [3.63, 3.8) is 0 Å². The number of ketones is 1. The van der Waals surface area contributed by atoms with E-state index in [-0.39, 0.29) is 18.2 Å². The lowest BCUT2D eigenvalue weighted by Crippen LogP contribution is -2.02. The molecule has 0 spiro atoms. The maximum Gasteiger partial charge on any atom is 0.163 e. The van der Waals surface area contributed by atoms with E-state index >= 15 is 0 Å². The van der Waals surface area contributed by atoms with Gasteiger partial charge in [0.1, 0.15) is 18.2 Å². The normalized spacial score (nSPS) is 10.3. The second kappa shape index (κ2) is 5.85. The van der Waals surface area contributed by atoms with Crippen molar-refractivity contribution in [2.45, 2.75) is 13.5 Å². The number of halogens is 2. The summed E-state index contributed by atoms with van der Waals surface area (Å²) in [6, 6.07) is 11.0. The highest BCUT2D eigenvalue weighted by Gasteiger charge is 2.09. The van der Waals surface area contributed by atoms with Crippen molar-refractivity contribution < 1.29 is 13.9 Å². The van der Waals surface area contributed by atoms with Crippen LogP contribution in [0.5, 0.6) is 5.75 Å². The van der Waals surface area contributed by atoms with E-state index < -0.39 is 0 Å². The molecule has 0 aliphatic carbocycles. The molecule has 98 valence electrons. The summed E-state index contributed by atoms with van der Waals surface area (Å²) in [6.45, 7) is 1.58. The minimum atomic E-state index is -0.372. The molecular formula is C15H12ClFO2. The van der Waals surface area contributed by atoms with Gasteiger partial charge in [-0.3, -0.25) is 4.79 Å². The molecule has 2 aromatic carbocycles. The van der Waals surface area contributed by atoms with E-state index in [9.17, 15) is 9.18 Å². The zero-order valence-corrected chi connectivity index (χ0v) is 11.1. The van der Waals surface area contributed by atoms with Crippen molar-refractivity contribution in [3.05, 3.63) is 64.4 Å². The standard InChI is InChI=1S/C15H12ClFO2/c1-10(18)13-4-2-3-5-15(13)19-9-11-8-12(17)6-7-14(11)16/h2-8H,9H2,1H3. The highest BCUT2D eigenvalue weighted by Crippen LogP contribution is 2.22. The largest absolute Gasteiger partial charge is 0.488 e. The number of rotatable bonds is 4. The molecule has 4 heteroatoms. The van der Waals surface area contributed by atoms with Crippen LogP contribution in [0, 0.1) is 5.82 Å². The topological polar surface area (TPSA) is 26.3 Å². The molecule has 2 rings (SSSR count). The third kappa shape index (κ3) is 3.32. The van der Waals surface area contributed by atoms with Crippen molar-refractivity contribution in [2.24, 2.45) is 0 Å². The quantitative estimate of drug-likeness (QED) is 0.781. The van der Waals surface area contributed by atoms with Gasteiger partial charge in [0.2, 0.25) is 0 Å². The van der Waals surface area contributed by atoms with Gasteiger partial charge in [-0.2, -0.15) is 0 Å². The first kappa shape index (κ1) is 13.6. The predicted octanol–water partition coefficient (Wildman–Crippen LogP) is 4.26. The van der Waals surface area contributed by atoms with Crippen LogP contribution in [-0.4, -0.2) is 5.78 Å². The van der Waals surface area contributed by atoms with Gasteiger partial charge >= 0.3 is 0 Å². The number of hydrogen-bond donors (Lipinski definition) is 0. The van der Waals surface area contributed by atoms with Gasteiger partial charge in [0, 0.05) is 10.6 Å². The number of carbonyl (C=O) groups excluding carboxylic acids is 1. The van der Waals surface area contributed by atoms with Gasteiger partial charge in [-0.1, -0.05) is 23.7 Å². The first-order valence-electron chi connectivity index (χ1n) is 5.74. The molecule has 0 saturated carbocycles. The summed E-state index contributed by atoms with van der Waals surface area (Å²) in [7, 11) is 0. The molecule has 2 nitrogen and oxygen atoms in total. The Morgan fingerprint density at radius 3 is 2.74 bits per heavy atom. The van der Waals surface area contributed by atoms with E-state index in [1.807, 2.05) is 0 Å². The van der Waals surface area contributed by atoms with Crippen LogP contribution < -0.4 is 4.74 Å². The highest BCUT2D eigenvalue weighted by atomic mass is 35.5. The maximum atomic E-state index is 13.1. The van der Waals surface area contributed by atoms with Gasteiger partial charge in [-0.15, -0.1) is 0 Å². The summed E-state index contributed by atoms with van der Waals surface area (Å²) in [5, 5.41) is 0.432. The Morgan fingerprint density at radius 1 is 1.26 bits per heavy atom. The summed E-state index contributed by atoms with van der Waals surface area (Å²) in [5.41, 5.74) is 1.04. The minimum Gasteiger partial charge on any atom is -0.488 e. The fraction of sp³-hybridized carbons (Fsp3) is 0.133. The second-order valence-electron chi connectivity index (χ2n) is 4.08. The molecule has 0 bridgehead atoms. The Balaban J connectivity index is 2.19. The molecule has 0 radical (unpaired) electrons. The SMILES string of the molecule is CC(=O)c1ccccc1OCc1cc(F)ccc1Cl. The van der Waals surface area contributed by atoms with Gasteiger partial charge in [0.15, 0.2) is 5.78 Å². The molecule has 0 aromatic heterocycles. The number of Topliss-reactive ketones (excluding diaryl/α,β-unsaturated/α-hetero) is 1. The number of ether oxygens (including phenoxy) is 1. The fourth-order valence-electron chi connectivity index (χ4n) is 1.69.